The van der Waals surface area contributed by atoms with Crippen molar-refractivity contribution in [1.82, 2.24) is 9.47 Å². The number of anilines is 1. The van der Waals surface area contributed by atoms with Gasteiger partial charge >= 0.3 is 0 Å². The van der Waals surface area contributed by atoms with Gasteiger partial charge in [-0.15, -0.1) is 0 Å². The zero-order valence-electron chi connectivity index (χ0n) is 19.3. The number of rotatable bonds is 5. The number of fused-ring (bicyclic) bond motifs is 1. The van der Waals surface area contributed by atoms with E-state index in [2.05, 4.69) is 33.7 Å². The molecule has 0 bridgehead atoms. The molecule has 5 nitrogen and oxygen atoms in total. The highest BCUT2D eigenvalue weighted by atomic mass is 35.5. The third-order valence-corrected chi connectivity index (χ3v) is 6.68. The Labute approximate surface area is 210 Å². The first-order valence-corrected chi connectivity index (χ1v) is 12.0. The lowest BCUT2D eigenvalue weighted by molar-refractivity contribution is -0.126. The van der Waals surface area contributed by atoms with Crippen molar-refractivity contribution in [3.8, 4) is 6.07 Å². The van der Waals surface area contributed by atoms with E-state index in [1.54, 1.807) is 11.0 Å². The number of piperazine rings is 1. The van der Waals surface area contributed by atoms with Crippen LogP contribution in [0.25, 0.3) is 17.0 Å². The number of carbonyl (C=O) groups excluding carboxylic acids is 1. The molecule has 0 aliphatic carbocycles. The van der Waals surface area contributed by atoms with Gasteiger partial charge in [-0.25, -0.2) is 0 Å². The van der Waals surface area contributed by atoms with Crippen LogP contribution >= 0.6 is 11.6 Å². The number of para-hydroxylation sites is 2. The van der Waals surface area contributed by atoms with Crippen LogP contribution in [0.1, 0.15) is 11.1 Å². The molecule has 0 radical (unpaired) electrons. The third kappa shape index (κ3) is 4.94. The molecule has 0 spiro atoms. The molecule has 35 heavy (non-hydrogen) atoms. The number of hydrogen-bond donors (Lipinski definition) is 0. The Morgan fingerprint density at radius 2 is 1.60 bits per heavy atom. The van der Waals surface area contributed by atoms with Gasteiger partial charge in [0.15, 0.2) is 0 Å². The molecule has 2 heterocycles. The minimum atomic E-state index is -0.213. The zero-order valence-corrected chi connectivity index (χ0v) is 20.0. The van der Waals surface area contributed by atoms with E-state index in [0.29, 0.717) is 24.7 Å². The topological polar surface area (TPSA) is 52.3 Å². The predicted octanol–water partition coefficient (Wildman–Crippen LogP) is 5.60. The van der Waals surface area contributed by atoms with E-state index in [9.17, 15) is 10.1 Å². The average Bonchev–Trinajstić information content (AvgIpc) is 3.25. The van der Waals surface area contributed by atoms with Crippen LogP contribution in [0.5, 0.6) is 0 Å². The second-order valence-electron chi connectivity index (χ2n) is 8.64. The van der Waals surface area contributed by atoms with Crippen molar-refractivity contribution in [2.45, 2.75) is 6.54 Å². The first-order chi connectivity index (χ1) is 17.1. The molecule has 3 aromatic carbocycles. The van der Waals surface area contributed by atoms with E-state index in [1.807, 2.05) is 66.9 Å². The monoisotopic (exact) mass is 480 g/mol. The lowest BCUT2D eigenvalue weighted by atomic mass is 10.1. The van der Waals surface area contributed by atoms with Crippen LogP contribution in [0.2, 0.25) is 5.02 Å². The van der Waals surface area contributed by atoms with Gasteiger partial charge in [0.25, 0.3) is 5.91 Å². The van der Waals surface area contributed by atoms with E-state index in [-0.39, 0.29) is 11.5 Å². The van der Waals surface area contributed by atoms with Gasteiger partial charge in [0, 0.05) is 66.1 Å². The summed E-state index contributed by atoms with van der Waals surface area (Å²) in [6, 6.07) is 28.2. The molecular weight excluding hydrogens is 456 g/mol. The Morgan fingerprint density at radius 3 is 2.31 bits per heavy atom. The number of benzene rings is 3. The summed E-state index contributed by atoms with van der Waals surface area (Å²) in [5.74, 6) is -0.213. The maximum absolute atomic E-state index is 13.2. The molecule has 1 saturated heterocycles. The number of carbonyl (C=O) groups is 1. The molecular formula is C29H25ClN4O. The summed E-state index contributed by atoms with van der Waals surface area (Å²) in [6.07, 6.45) is 3.74. The van der Waals surface area contributed by atoms with E-state index < -0.39 is 0 Å². The van der Waals surface area contributed by atoms with Crippen molar-refractivity contribution in [3.63, 3.8) is 0 Å². The maximum atomic E-state index is 13.2. The summed E-state index contributed by atoms with van der Waals surface area (Å²) >= 11 is 6.04. The van der Waals surface area contributed by atoms with Crippen LogP contribution < -0.4 is 4.90 Å². The van der Waals surface area contributed by atoms with Gasteiger partial charge in [-0.05, 0) is 42.0 Å². The second-order valence-corrected chi connectivity index (χ2v) is 9.08. The van der Waals surface area contributed by atoms with Crippen molar-refractivity contribution < 1.29 is 4.79 Å². The summed E-state index contributed by atoms with van der Waals surface area (Å²) in [6.45, 7) is 3.34. The largest absolute Gasteiger partial charge is 0.368 e. The SMILES string of the molecule is N#C/C(=C/c1cn(Cc2ccc(Cl)cc2)c2ccccc12)C(=O)N1CCN(c2ccccc2)CC1. The fourth-order valence-electron chi connectivity index (χ4n) is 4.58. The average molecular weight is 481 g/mol. The fraction of sp³-hybridized carbons (Fsp3) is 0.172. The molecule has 1 fully saturated rings. The minimum absolute atomic E-state index is 0.160. The van der Waals surface area contributed by atoms with E-state index in [0.717, 1.165) is 40.8 Å². The molecule has 5 rings (SSSR count). The number of halogens is 1. The summed E-state index contributed by atoms with van der Waals surface area (Å²) in [5, 5.41) is 11.6. The van der Waals surface area contributed by atoms with Gasteiger partial charge in [-0.1, -0.05) is 60.1 Å². The van der Waals surface area contributed by atoms with E-state index in [4.69, 9.17) is 11.6 Å². The predicted molar refractivity (Wildman–Crippen MR) is 141 cm³/mol. The number of aromatic nitrogens is 1. The molecule has 0 N–H and O–H groups in total. The van der Waals surface area contributed by atoms with E-state index in [1.165, 1.54) is 0 Å². The molecule has 1 aromatic heterocycles. The van der Waals surface area contributed by atoms with Crippen LogP contribution in [0.15, 0.2) is 90.6 Å². The number of nitriles is 1. The first kappa shape index (κ1) is 22.8. The molecule has 0 atom stereocenters. The quantitative estimate of drug-likeness (QED) is 0.276. The van der Waals surface area contributed by atoms with Crippen LogP contribution in [0.3, 0.4) is 0 Å². The molecule has 1 aliphatic heterocycles. The Kier molecular flexibility index (Phi) is 6.56. The lowest BCUT2D eigenvalue weighted by Crippen LogP contribution is -2.49. The summed E-state index contributed by atoms with van der Waals surface area (Å²) in [4.78, 5) is 17.3. The van der Waals surface area contributed by atoms with Gasteiger partial charge in [0.2, 0.25) is 0 Å². The molecule has 0 unspecified atom stereocenters. The van der Waals surface area contributed by atoms with Crippen molar-refractivity contribution >= 4 is 40.2 Å². The Hall–Kier alpha value is -4.01. The molecule has 1 amide bonds. The van der Waals surface area contributed by atoms with Crippen molar-refractivity contribution in [2.24, 2.45) is 0 Å². The third-order valence-electron chi connectivity index (χ3n) is 6.42. The van der Waals surface area contributed by atoms with Crippen LogP contribution in [0.4, 0.5) is 5.69 Å². The van der Waals surface area contributed by atoms with Crippen molar-refractivity contribution in [1.29, 1.82) is 5.26 Å². The number of amides is 1. The summed E-state index contributed by atoms with van der Waals surface area (Å²) in [5.41, 5.74) is 4.35. The standard InChI is InChI=1S/C29H25ClN4O/c30-25-12-10-22(11-13-25)20-34-21-24(27-8-4-5-9-28(27)34)18-23(19-31)29(35)33-16-14-32(15-17-33)26-6-2-1-3-7-26/h1-13,18,21H,14-17,20H2/b23-18-. The van der Waals surface area contributed by atoms with Crippen molar-refractivity contribution in [3.05, 3.63) is 107 Å². The number of hydrogen-bond acceptors (Lipinski definition) is 3. The summed E-state index contributed by atoms with van der Waals surface area (Å²) < 4.78 is 2.14. The van der Waals surface area contributed by atoms with Gasteiger partial charge in [-0.2, -0.15) is 5.26 Å². The van der Waals surface area contributed by atoms with Crippen LogP contribution in [-0.2, 0) is 11.3 Å². The summed E-state index contributed by atoms with van der Waals surface area (Å²) in [7, 11) is 0. The normalized spacial score (nSPS) is 14.2. The van der Waals surface area contributed by atoms with Crippen molar-refractivity contribution in [2.75, 3.05) is 31.1 Å². The Bertz CT molecular complexity index is 1410. The Morgan fingerprint density at radius 1 is 0.914 bits per heavy atom. The smallest absolute Gasteiger partial charge is 0.264 e. The lowest BCUT2D eigenvalue weighted by Gasteiger charge is -2.36. The van der Waals surface area contributed by atoms with Crippen LogP contribution in [-0.4, -0.2) is 41.6 Å². The molecule has 174 valence electrons. The van der Waals surface area contributed by atoms with Gasteiger partial charge in [0.1, 0.15) is 11.6 Å². The molecule has 1 aliphatic rings. The highest BCUT2D eigenvalue weighted by molar-refractivity contribution is 6.30. The minimum Gasteiger partial charge on any atom is -0.368 e. The zero-order chi connectivity index (χ0) is 24.2. The van der Waals surface area contributed by atoms with Gasteiger partial charge < -0.3 is 14.4 Å². The molecule has 4 aromatic rings. The van der Waals surface area contributed by atoms with Gasteiger partial charge in [-0.3, -0.25) is 4.79 Å². The van der Waals surface area contributed by atoms with Gasteiger partial charge in [0.05, 0.1) is 0 Å². The maximum Gasteiger partial charge on any atom is 0.264 e. The molecule has 6 heteroatoms. The van der Waals surface area contributed by atoms with Crippen LogP contribution in [0, 0.1) is 11.3 Å². The second kappa shape index (κ2) is 10.1. The molecule has 0 saturated carbocycles. The highest BCUT2D eigenvalue weighted by Crippen LogP contribution is 2.26. The Balaban J connectivity index is 1.37. The number of nitrogens with zero attached hydrogens (tertiary/aromatic N) is 4. The first-order valence-electron chi connectivity index (χ1n) is 11.7. The highest BCUT2D eigenvalue weighted by Gasteiger charge is 2.24. The van der Waals surface area contributed by atoms with E-state index >= 15 is 0 Å². The fourth-order valence-corrected chi connectivity index (χ4v) is 4.71.